The number of halogens is 1. The Morgan fingerprint density at radius 2 is 2.23 bits per heavy atom. The first-order valence-electron chi connectivity index (χ1n) is 7.00. The highest BCUT2D eigenvalue weighted by Gasteiger charge is 2.23. The molecule has 3 heterocycles. The monoisotopic (exact) mass is 336 g/mol. The summed E-state index contributed by atoms with van der Waals surface area (Å²) in [4.78, 5) is 16.8. The minimum Gasteiger partial charge on any atom is -0.384 e. The molecule has 116 valence electrons. The first-order valence-corrected chi connectivity index (χ1v) is 8.19. The molecule has 8 heteroatoms. The molecule has 1 saturated heterocycles. The molecule has 0 amide bonds. The van der Waals surface area contributed by atoms with Crippen molar-refractivity contribution >= 4 is 35.1 Å². The van der Waals surface area contributed by atoms with E-state index in [1.54, 1.807) is 18.5 Å². The Kier molecular flexibility index (Phi) is 4.66. The van der Waals surface area contributed by atoms with Crippen LogP contribution in [0.1, 0.15) is 6.42 Å². The number of rotatable bonds is 4. The Morgan fingerprint density at radius 1 is 1.36 bits per heavy atom. The third-order valence-electron chi connectivity index (χ3n) is 3.57. The van der Waals surface area contributed by atoms with Gasteiger partial charge in [0.2, 0.25) is 5.95 Å². The molecule has 1 fully saturated rings. The number of hydrogen-bond acceptors (Lipinski definition) is 7. The van der Waals surface area contributed by atoms with Crippen LogP contribution in [0.15, 0.2) is 34.3 Å². The van der Waals surface area contributed by atoms with Gasteiger partial charge in [0.1, 0.15) is 11.0 Å². The van der Waals surface area contributed by atoms with Crippen LogP contribution in [0.5, 0.6) is 0 Å². The molecule has 0 saturated carbocycles. The second kappa shape index (κ2) is 6.68. The van der Waals surface area contributed by atoms with E-state index in [1.165, 1.54) is 11.8 Å². The fourth-order valence-electron chi connectivity index (χ4n) is 2.32. The maximum atomic E-state index is 6.30. The SMILES string of the molecule is CNC1CCN(c2ncc(Sc3ccc(N)nc3)c(Cl)n2)C1. The zero-order chi connectivity index (χ0) is 15.5. The number of nitrogen functional groups attached to an aromatic ring is 1. The largest absolute Gasteiger partial charge is 0.384 e. The highest BCUT2D eigenvalue weighted by atomic mass is 35.5. The second-order valence-corrected chi connectivity index (χ2v) is 6.54. The van der Waals surface area contributed by atoms with Crippen LogP contribution in [-0.2, 0) is 0 Å². The molecule has 0 bridgehead atoms. The van der Waals surface area contributed by atoms with Gasteiger partial charge in [-0.3, -0.25) is 0 Å². The van der Waals surface area contributed by atoms with Gasteiger partial charge < -0.3 is 16.0 Å². The van der Waals surface area contributed by atoms with Crippen molar-refractivity contribution in [1.29, 1.82) is 0 Å². The van der Waals surface area contributed by atoms with E-state index in [-0.39, 0.29) is 0 Å². The van der Waals surface area contributed by atoms with Crippen molar-refractivity contribution in [3.05, 3.63) is 29.7 Å². The van der Waals surface area contributed by atoms with E-state index < -0.39 is 0 Å². The van der Waals surface area contributed by atoms with E-state index in [9.17, 15) is 0 Å². The Balaban J connectivity index is 1.73. The Labute approximate surface area is 138 Å². The van der Waals surface area contributed by atoms with Crippen LogP contribution in [0.2, 0.25) is 5.15 Å². The van der Waals surface area contributed by atoms with E-state index in [0.29, 0.717) is 23.0 Å². The number of hydrogen-bond donors (Lipinski definition) is 2. The minimum absolute atomic E-state index is 0.458. The van der Waals surface area contributed by atoms with Crippen molar-refractivity contribution in [3.63, 3.8) is 0 Å². The summed E-state index contributed by atoms with van der Waals surface area (Å²) >= 11 is 7.77. The normalized spacial score (nSPS) is 17.9. The number of anilines is 2. The standard InChI is InChI=1S/C14H17ClN6S/c1-17-9-4-5-21(8-9)14-19-7-11(13(15)20-14)22-10-2-3-12(16)18-6-10/h2-3,6-7,9,17H,4-5,8H2,1H3,(H2,16,18). The van der Waals surface area contributed by atoms with Crippen LogP contribution in [0.25, 0.3) is 0 Å². The van der Waals surface area contributed by atoms with Crippen LogP contribution in [0.4, 0.5) is 11.8 Å². The van der Waals surface area contributed by atoms with Crippen LogP contribution >= 0.6 is 23.4 Å². The van der Waals surface area contributed by atoms with E-state index in [4.69, 9.17) is 17.3 Å². The molecular weight excluding hydrogens is 320 g/mol. The molecule has 1 unspecified atom stereocenters. The average molecular weight is 337 g/mol. The lowest BCUT2D eigenvalue weighted by molar-refractivity contribution is 0.616. The van der Waals surface area contributed by atoms with Crippen LogP contribution in [0.3, 0.4) is 0 Å². The summed E-state index contributed by atoms with van der Waals surface area (Å²) in [6.07, 6.45) is 4.56. The number of nitrogens with zero attached hydrogens (tertiary/aromatic N) is 4. The molecule has 1 aliphatic heterocycles. The fourth-order valence-corrected chi connectivity index (χ4v) is 3.29. The molecule has 2 aromatic rings. The molecule has 2 aromatic heterocycles. The van der Waals surface area contributed by atoms with Gasteiger partial charge in [-0.1, -0.05) is 23.4 Å². The highest BCUT2D eigenvalue weighted by molar-refractivity contribution is 7.99. The molecule has 3 rings (SSSR count). The Bertz CT molecular complexity index is 650. The predicted molar refractivity (Wildman–Crippen MR) is 89.5 cm³/mol. The van der Waals surface area contributed by atoms with E-state index in [0.717, 1.165) is 29.3 Å². The number of likely N-dealkylation sites (N-methyl/N-ethyl adjacent to an activating group) is 1. The molecular formula is C14H17ClN6S. The zero-order valence-corrected chi connectivity index (χ0v) is 13.7. The summed E-state index contributed by atoms with van der Waals surface area (Å²) in [6, 6.07) is 4.14. The van der Waals surface area contributed by atoms with Crippen molar-refractivity contribution in [2.75, 3.05) is 30.8 Å². The third kappa shape index (κ3) is 3.43. The van der Waals surface area contributed by atoms with Gasteiger partial charge in [0, 0.05) is 36.4 Å². The van der Waals surface area contributed by atoms with E-state index >= 15 is 0 Å². The maximum absolute atomic E-state index is 6.30. The summed E-state index contributed by atoms with van der Waals surface area (Å²) in [5, 5.41) is 3.73. The fraction of sp³-hybridized carbons (Fsp3) is 0.357. The first kappa shape index (κ1) is 15.3. The molecule has 3 N–H and O–H groups in total. The van der Waals surface area contributed by atoms with Crippen LogP contribution in [-0.4, -0.2) is 41.1 Å². The van der Waals surface area contributed by atoms with Crippen LogP contribution < -0.4 is 16.0 Å². The molecule has 0 spiro atoms. The topological polar surface area (TPSA) is 80.0 Å². The van der Waals surface area contributed by atoms with Gasteiger partial charge >= 0.3 is 0 Å². The van der Waals surface area contributed by atoms with E-state index in [1.807, 2.05) is 13.1 Å². The van der Waals surface area contributed by atoms with Gasteiger partial charge in [0.15, 0.2) is 0 Å². The lowest BCUT2D eigenvalue weighted by atomic mass is 10.3. The third-order valence-corrected chi connectivity index (χ3v) is 4.96. The smallest absolute Gasteiger partial charge is 0.226 e. The first-order chi connectivity index (χ1) is 10.7. The second-order valence-electron chi connectivity index (χ2n) is 5.07. The number of pyridine rings is 1. The van der Waals surface area contributed by atoms with Crippen molar-refractivity contribution < 1.29 is 0 Å². The highest BCUT2D eigenvalue weighted by Crippen LogP contribution is 2.32. The molecule has 1 atom stereocenters. The molecule has 0 radical (unpaired) electrons. The summed E-state index contributed by atoms with van der Waals surface area (Å²) in [6.45, 7) is 1.84. The zero-order valence-electron chi connectivity index (χ0n) is 12.2. The molecule has 0 aromatic carbocycles. The van der Waals surface area contributed by atoms with Crippen molar-refractivity contribution in [2.45, 2.75) is 22.3 Å². The minimum atomic E-state index is 0.458. The van der Waals surface area contributed by atoms with Gasteiger partial charge in [-0.25, -0.2) is 9.97 Å². The quantitative estimate of drug-likeness (QED) is 0.827. The number of aromatic nitrogens is 3. The van der Waals surface area contributed by atoms with Gasteiger partial charge in [-0.15, -0.1) is 0 Å². The average Bonchev–Trinajstić information content (AvgIpc) is 3.00. The lowest BCUT2D eigenvalue weighted by Crippen LogP contribution is -2.30. The summed E-state index contributed by atoms with van der Waals surface area (Å²) < 4.78 is 0. The molecule has 0 aliphatic carbocycles. The maximum Gasteiger partial charge on any atom is 0.226 e. The number of nitrogens with one attached hydrogen (secondary N) is 1. The van der Waals surface area contributed by atoms with Crippen molar-refractivity contribution in [2.24, 2.45) is 0 Å². The molecule has 6 nitrogen and oxygen atoms in total. The summed E-state index contributed by atoms with van der Waals surface area (Å²) in [5.41, 5.74) is 5.58. The number of nitrogens with two attached hydrogens (primary N) is 1. The summed E-state index contributed by atoms with van der Waals surface area (Å²) in [7, 11) is 1.97. The van der Waals surface area contributed by atoms with Crippen LogP contribution in [0, 0.1) is 0 Å². The Hall–Kier alpha value is -1.57. The van der Waals surface area contributed by atoms with Crippen molar-refractivity contribution in [3.8, 4) is 0 Å². The van der Waals surface area contributed by atoms with Gasteiger partial charge in [0.25, 0.3) is 0 Å². The van der Waals surface area contributed by atoms with Gasteiger partial charge in [-0.2, -0.15) is 4.98 Å². The molecule has 1 aliphatic rings. The lowest BCUT2D eigenvalue weighted by Gasteiger charge is -2.16. The van der Waals surface area contributed by atoms with Gasteiger partial charge in [0.05, 0.1) is 4.90 Å². The summed E-state index contributed by atoms with van der Waals surface area (Å²) in [5.74, 6) is 1.18. The van der Waals surface area contributed by atoms with E-state index in [2.05, 4.69) is 25.2 Å². The van der Waals surface area contributed by atoms with Crippen molar-refractivity contribution in [1.82, 2.24) is 20.3 Å². The Morgan fingerprint density at radius 3 is 2.86 bits per heavy atom. The predicted octanol–water partition coefficient (Wildman–Crippen LogP) is 2.06. The van der Waals surface area contributed by atoms with Gasteiger partial charge in [-0.05, 0) is 25.6 Å². The molecule has 22 heavy (non-hydrogen) atoms.